The number of nitrogens with zero attached hydrogens (tertiary/aromatic N) is 1. The molecule has 0 radical (unpaired) electrons. The van der Waals surface area contributed by atoms with E-state index in [2.05, 4.69) is 26.0 Å². The Kier molecular flexibility index (Phi) is 6.61. The lowest BCUT2D eigenvalue weighted by Gasteiger charge is -2.22. The first-order valence-corrected chi connectivity index (χ1v) is 10.5. The minimum absolute atomic E-state index is 0.283. The number of benzene rings is 2. The molecule has 1 N–H and O–H groups in total. The van der Waals surface area contributed by atoms with Crippen molar-refractivity contribution in [2.24, 2.45) is 0 Å². The van der Waals surface area contributed by atoms with Gasteiger partial charge in [-0.15, -0.1) is 0 Å². The molecule has 0 heterocycles. The van der Waals surface area contributed by atoms with Crippen molar-refractivity contribution >= 4 is 49.2 Å². The zero-order valence-electron chi connectivity index (χ0n) is 15.0. The number of sulfonamides is 1. The third-order valence-corrected chi connectivity index (χ3v) is 5.35. The predicted octanol–water partition coefficient (Wildman–Crippen LogP) is 2.95. The van der Waals surface area contributed by atoms with Gasteiger partial charge < -0.3 is 10.1 Å². The normalized spacial score (nSPS) is 11.0. The Balaban J connectivity index is 2.26. The van der Waals surface area contributed by atoms with Gasteiger partial charge >= 0.3 is 5.97 Å². The molecule has 27 heavy (non-hydrogen) atoms. The second-order valence-corrected chi connectivity index (χ2v) is 8.64. The van der Waals surface area contributed by atoms with E-state index in [9.17, 15) is 18.0 Å². The fourth-order valence-electron chi connectivity index (χ4n) is 2.35. The highest BCUT2D eigenvalue weighted by molar-refractivity contribution is 9.10. The Hall–Kier alpha value is -2.39. The minimum Gasteiger partial charge on any atom is -0.465 e. The number of ether oxygens (including phenoxy) is 1. The standard InChI is InChI=1S/C18H19BrN2O5S/c1-12-7-8-13(18(23)26-2)9-16(12)20-17(22)11-21(27(3,24)25)15-6-4-5-14(19)10-15/h4-10H,11H2,1-3H3,(H,20,22). The van der Waals surface area contributed by atoms with Gasteiger partial charge in [0.05, 0.1) is 24.6 Å². The zero-order valence-corrected chi connectivity index (χ0v) is 17.4. The molecule has 0 spiro atoms. The first kappa shape index (κ1) is 20.9. The van der Waals surface area contributed by atoms with Crippen molar-refractivity contribution in [2.75, 3.05) is 29.5 Å². The van der Waals surface area contributed by atoms with Crippen LogP contribution in [-0.2, 0) is 19.6 Å². The molecule has 0 aliphatic carbocycles. The van der Waals surface area contributed by atoms with Crippen LogP contribution in [0.15, 0.2) is 46.9 Å². The fraction of sp³-hybridized carbons (Fsp3) is 0.222. The summed E-state index contributed by atoms with van der Waals surface area (Å²) in [5.74, 6) is -1.07. The Labute approximate surface area is 166 Å². The van der Waals surface area contributed by atoms with E-state index < -0.39 is 28.4 Å². The van der Waals surface area contributed by atoms with Crippen molar-refractivity contribution in [1.29, 1.82) is 0 Å². The van der Waals surface area contributed by atoms with Gasteiger partial charge in [-0.2, -0.15) is 0 Å². The van der Waals surface area contributed by atoms with Crippen molar-refractivity contribution in [1.82, 2.24) is 0 Å². The first-order valence-electron chi connectivity index (χ1n) is 7.84. The number of anilines is 2. The number of carbonyl (C=O) groups is 2. The summed E-state index contributed by atoms with van der Waals surface area (Å²) < 4.78 is 30.7. The molecule has 2 aromatic rings. The number of methoxy groups -OCH3 is 1. The number of amides is 1. The molecule has 0 aromatic heterocycles. The average molecular weight is 455 g/mol. The summed E-state index contributed by atoms with van der Waals surface area (Å²) in [5.41, 5.74) is 1.78. The van der Waals surface area contributed by atoms with Crippen molar-refractivity contribution in [3.05, 3.63) is 58.1 Å². The molecule has 0 aliphatic heterocycles. The Morgan fingerprint density at radius 1 is 1.19 bits per heavy atom. The second-order valence-electron chi connectivity index (χ2n) is 5.82. The molecule has 2 aromatic carbocycles. The van der Waals surface area contributed by atoms with Crippen LogP contribution < -0.4 is 9.62 Å². The van der Waals surface area contributed by atoms with Crippen molar-refractivity contribution in [3.63, 3.8) is 0 Å². The van der Waals surface area contributed by atoms with Gasteiger partial charge in [-0.3, -0.25) is 9.10 Å². The van der Waals surface area contributed by atoms with Crippen molar-refractivity contribution in [3.8, 4) is 0 Å². The quantitative estimate of drug-likeness (QED) is 0.677. The molecule has 0 fully saturated rings. The van der Waals surface area contributed by atoms with Crippen LogP contribution in [0.3, 0.4) is 0 Å². The highest BCUT2D eigenvalue weighted by Gasteiger charge is 2.21. The van der Waals surface area contributed by atoms with E-state index in [1.54, 1.807) is 43.3 Å². The van der Waals surface area contributed by atoms with Crippen LogP contribution >= 0.6 is 15.9 Å². The second kappa shape index (κ2) is 8.53. The summed E-state index contributed by atoms with van der Waals surface area (Å²) in [4.78, 5) is 24.1. The average Bonchev–Trinajstić information content (AvgIpc) is 2.60. The van der Waals surface area contributed by atoms with Crippen LogP contribution in [-0.4, -0.2) is 40.2 Å². The molecule has 2 rings (SSSR count). The molecule has 9 heteroatoms. The van der Waals surface area contributed by atoms with Crippen LogP contribution in [0, 0.1) is 6.92 Å². The number of hydrogen-bond acceptors (Lipinski definition) is 5. The minimum atomic E-state index is -3.68. The number of nitrogens with one attached hydrogen (secondary N) is 1. The Morgan fingerprint density at radius 3 is 2.48 bits per heavy atom. The summed E-state index contributed by atoms with van der Waals surface area (Å²) in [7, 11) is -2.41. The monoisotopic (exact) mass is 454 g/mol. The number of carbonyl (C=O) groups excluding carboxylic acids is 2. The van der Waals surface area contributed by atoms with Gasteiger partial charge in [0.1, 0.15) is 6.54 Å². The Bertz CT molecular complexity index is 975. The zero-order chi connectivity index (χ0) is 20.2. The molecule has 7 nitrogen and oxygen atoms in total. The van der Waals surface area contributed by atoms with Gasteiger partial charge in [0.25, 0.3) is 0 Å². The first-order chi connectivity index (χ1) is 12.6. The van der Waals surface area contributed by atoms with Crippen LogP contribution in [0.2, 0.25) is 0 Å². The molecule has 0 bridgehead atoms. The lowest BCUT2D eigenvalue weighted by molar-refractivity contribution is -0.114. The number of esters is 1. The predicted molar refractivity (Wildman–Crippen MR) is 107 cm³/mol. The van der Waals surface area contributed by atoms with E-state index in [0.717, 1.165) is 16.1 Å². The van der Waals surface area contributed by atoms with Crippen molar-refractivity contribution in [2.45, 2.75) is 6.92 Å². The largest absolute Gasteiger partial charge is 0.465 e. The van der Waals surface area contributed by atoms with Gasteiger partial charge in [-0.25, -0.2) is 13.2 Å². The molecule has 0 saturated heterocycles. The SMILES string of the molecule is COC(=O)c1ccc(C)c(NC(=O)CN(c2cccc(Br)c2)S(C)(=O)=O)c1. The van der Waals surface area contributed by atoms with Gasteiger partial charge in [0.2, 0.25) is 15.9 Å². The summed E-state index contributed by atoms with van der Waals surface area (Å²) >= 11 is 3.29. The van der Waals surface area contributed by atoms with Crippen LogP contribution in [0.25, 0.3) is 0 Å². The fourth-order valence-corrected chi connectivity index (χ4v) is 3.59. The van der Waals surface area contributed by atoms with E-state index in [4.69, 9.17) is 0 Å². The summed E-state index contributed by atoms with van der Waals surface area (Å²) in [6.45, 7) is 1.36. The number of rotatable bonds is 6. The molecule has 1 amide bonds. The van der Waals surface area contributed by atoms with E-state index in [1.165, 1.54) is 13.2 Å². The topological polar surface area (TPSA) is 92.8 Å². The summed E-state index contributed by atoms with van der Waals surface area (Å²) in [5, 5.41) is 2.65. The van der Waals surface area contributed by atoms with Crippen LogP contribution in [0.4, 0.5) is 11.4 Å². The number of hydrogen-bond donors (Lipinski definition) is 1. The van der Waals surface area contributed by atoms with E-state index in [1.807, 2.05) is 0 Å². The van der Waals surface area contributed by atoms with Gasteiger partial charge in [0, 0.05) is 10.2 Å². The van der Waals surface area contributed by atoms with E-state index in [0.29, 0.717) is 15.8 Å². The Morgan fingerprint density at radius 2 is 1.89 bits per heavy atom. The maximum atomic E-state index is 12.5. The maximum Gasteiger partial charge on any atom is 0.337 e. The maximum absolute atomic E-state index is 12.5. The van der Waals surface area contributed by atoms with Gasteiger partial charge in [-0.1, -0.05) is 28.1 Å². The third kappa shape index (κ3) is 5.54. The molecular weight excluding hydrogens is 436 g/mol. The summed E-state index contributed by atoms with van der Waals surface area (Å²) in [6, 6.07) is 11.4. The molecule has 0 aliphatic rings. The van der Waals surface area contributed by atoms with Crippen molar-refractivity contribution < 1.29 is 22.7 Å². The molecule has 144 valence electrons. The smallest absolute Gasteiger partial charge is 0.337 e. The lowest BCUT2D eigenvalue weighted by atomic mass is 10.1. The number of halogens is 1. The molecule has 0 atom stereocenters. The highest BCUT2D eigenvalue weighted by Crippen LogP contribution is 2.23. The molecular formula is C18H19BrN2O5S. The molecule has 0 unspecified atom stereocenters. The summed E-state index contributed by atoms with van der Waals surface area (Å²) in [6.07, 6.45) is 1.03. The highest BCUT2D eigenvalue weighted by atomic mass is 79.9. The van der Waals surface area contributed by atoms with E-state index in [-0.39, 0.29) is 5.56 Å². The third-order valence-electron chi connectivity index (χ3n) is 3.72. The number of aryl methyl sites for hydroxylation is 1. The van der Waals surface area contributed by atoms with Gasteiger partial charge in [-0.05, 0) is 42.8 Å². The molecule has 0 saturated carbocycles. The van der Waals surface area contributed by atoms with Crippen LogP contribution in [0.1, 0.15) is 15.9 Å². The van der Waals surface area contributed by atoms with Crippen LogP contribution in [0.5, 0.6) is 0 Å². The lowest BCUT2D eigenvalue weighted by Crippen LogP contribution is -2.37. The van der Waals surface area contributed by atoms with Gasteiger partial charge in [0.15, 0.2) is 0 Å². The van der Waals surface area contributed by atoms with E-state index >= 15 is 0 Å².